The van der Waals surface area contributed by atoms with Crippen molar-refractivity contribution in [3.63, 3.8) is 0 Å². The molecule has 1 amide bonds. The monoisotopic (exact) mass is 356 g/mol. The van der Waals surface area contributed by atoms with Crippen molar-refractivity contribution in [3.05, 3.63) is 51.8 Å². The topological polar surface area (TPSA) is 52.8 Å². The van der Waals surface area contributed by atoms with Crippen LogP contribution in [-0.2, 0) is 7.05 Å². The molecule has 5 nitrogen and oxygen atoms in total. The molecular formula is C19H20N2O3S. The summed E-state index contributed by atoms with van der Waals surface area (Å²) in [4.78, 5) is 17.6. The van der Waals surface area contributed by atoms with Gasteiger partial charge in [0, 0.05) is 12.6 Å². The highest BCUT2D eigenvalue weighted by atomic mass is 32.1. The summed E-state index contributed by atoms with van der Waals surface area (Å²) in [6.07, 6.45) is 0. The van der Waals surface area contributed by atoms with E-state index in [2.05, 4.69) is 4.99 Å². The van der Waals surface area contributed by atoms with E-state index in [1.54, 1.807) is 14.2 Å². The van der Waals surface area contributed by atoms with Gasteiger partial charge in [-0.05, 0) is 37.6 Å². The van der Waals surface area contributed by atoms with Crippen molar-refractivity contribution in [3.8, 4) is 11.5 Å². The summed E-state index contributed by atoms with van der Waals surface area (Å²) in [5.74, 6) is 1.20. The normalized spacial score (nSPS) is 11.8. The molecule has 0 unspecified atom stereocenters. The summed E-state index contributed by atoms with van der Waals surface area (Å²) >= 11 is 1.41. The molecule has 0 aliphatic heterocycles. The number of carbonyl (C=O) groups is 1. The Morgan fingerprint density at radius 1 is 1.08 bits per heavy atom. The number of benzene rings is 2. The quantitative estimate of drug-likeness (QED) is 0.720. The molecule has 0 aliphatic rings. The summed E-state index contributed by atoms with van der Waals surface area (Å²) in [5, 5.41) is 0. The van der Waals surface area contributed by atoms with Gasteiger partial charge in [0.05, 0.1) is 14.2 Å². The molecule has 0 radical (unpaired) electrons. The highest BCUT2D eigenvalue weighted by Crippen LogP contribution is 2.34. The number of nitrogens with zero attached hydrogens (tertiary/aromatic N) is 2. The fourth-order valence-corrected chi connectivity index (χ4v) is 3.87. The second-order valence-corrected chi connectivity index (χ2v) is 6.80. The molecule has 25 heavy (non-hydrogen) atoms. The van der Waals surface area contributed by atoms with Gasteiger partial charge < -0.3 is 14.0 Å². The summed E-state index contributed by atoms with van der Waals surface area (Å²) in [7, 11) is 5.12. The first-order valence-electron chi connectivity index (χ1n) is 7.83. The Hall–Kier alpha value is -2.60. The van der Waals surface area contributed by atoms with Crippen LogP contribution in [0, 0.1) is 13.8 Å². The molecule has 0 N–H and O–H groups in total. The van der Waals surface area contributed by atoms with Crippen LogP contribution >= 0.6 is 11.3 Å². The smallest absolute Gasteiger partial charge is 0.279 e. The molecule has 2 aromatic carbocycles. The van der Waals surface area contributed by atoms with Crippen LogP contribution in [0.2, 0.25) is 0 Å². The third kappa shape index (κ3) is 3.05. The van der Waals surface area contributed by atoms with E-state index in [-0.39, 0.29) is 5.91 Å². The second kappa shape index (κ2) is 6.72. The molecule has 3 rings (SSSR count). The average molecular weight is 356 g/mol. The van der Waals surface area contributed by atoms with Crippen molar-refractivity contribution in [2.45, 2.75) is 13.8 Å². The van der Waals surface area contributed by atoms with Gasteiger partial charge in [0.25, 0.3) is 5.91 Å². The average Bonchev–Trinajstić information content (AvgIpc) is 2.93. The second-order valence-electron chi connectivity index (χ2n) is 5.83. The molecule has 0 saturated heterocycles. The van der Waals surface area contributed by atoms with Crippen LogP contribution in [0.3, 0.4) is 0 Å². The number of methoxy groups -OCH3 is 2. The lowest BCUT2D eigenvalue weighted by atomic mass is 10.1. The van der Waals surface area contributed by atoms with E-state index < -0.39 is 0 Å². The van der Waals surface area contributed by atoms with E-state index in [4.69, 9.17) is 9.47 Å². The third-order valence-electron chi connectivity index (χ3n) is 4.13. The first-order chi connectivity index (χ1) is 12.0. The lowest BCUT2D eigenvalue weighted by molar-refractivity contribution is 0.0997. The van der Waals surface area contributed by atoms with Crippen LogP contribution in [0.15, 0.2) is 35.3 Å². The van der Waals surface area contributed by atoms with Gasteiger partial charge in [-0.3, -0.25) is 4.79 Å². The summed E-state index contributed by atoms with van der Waals surface area (Å²) < 4.78 is 13.6. The zero-order valence-corrected chi connectivity index (χ0v) is 15.7. The Kier molecular flexibility index (Phi) is 4.63. The van der Waals surface area contributed by atoms with Crippen molar-refractivity contribution < 1.29 is 14.3 Å². The van der Waals surface area contributed by atoms with Gasteiger partial charge in [0.2, 0.25) is 0 Å². The Labute approximate surface area is 150 Å². The van der Waals surface area contributed by atoms with E-state index in [1.165, 1.54) is 11.3 Å². The van der Waals surface area contributed by atoms with E-state index in [9.17, 15) is 4.79 Å². The summed E-state index contributed by atoms with van der Waals surface area (Å²) in [6, 6.07) is 9.50. The fraction of sp³-hybridized carbons (Fsp3) is 0.263. The van der Waals surface area contributed by atoms with Crippen LogP contribution < -0.4 is 14.3 Å². The highest BCUT2D eigenvalue weighted by Gasteiger charge is 2.15. The van der Waals surface area contributed by atoms with Gasteiger partial charge in [-0.2, -0.15) is 4.99 Å². The number of hydrogen-bond acceptors (Lipinski definition) is 4. The van der Waals surface area contributed by atoms with Gasteiger partial charge >= 0.3 is 0 Å². The number of fused-ring (bicyclic) bond motifs is 1. The third-order valence-corrected chi connectivity index (χ3v) is 5.28. The van der Waals surface area contributed by atoms with Crippen molar-refractivity contribution in [2.24, 2.45) is 12.0 Å². The standard InChI is InChI=1S/C19H20N2O3S/c1-11-6-7-12(2)13(10-11)18(22)20-19-21(3)16-14(23-4)8-9-15(24-5)17(16)25-19/h6-10H,1-5H3. The largest absolute Gasteiger partial charge is 0.495 e. The maximum Gasteiger partial charge on any atom is 0.279 e. The molecule has 3 aromatic rings. The Morgan fingerprint density at radius 3 is 2.44 bits per heavy atom. The number of aryl methyl sites for hydroxylation is 3. The van der Waals surface area contributed by atoms with E-state index in [1.807, 2.05) is 55.8 Å². The van der Waals surface area contributed by atoms with Crippen LogP contribution in [0.4, 0.5) is 0 Å². The number of rotatable bonds is 3. The summed E-state index contributed by atoms with van der Waals surface area (Å²) in [5.41, 5.74) is 3.43. The van der Waals surface area contributed by atoms with Crippen LogP contribution in [0.1, 0.15) is 21.5 Å². The van der Waals surface area contributed by atoms with Gasteiger partial charge in [0.1, 0.15) is 21.7 Å². The molecule has 1 heterocycles. The van der Waals surface area contributed by atoms with Crippen molar-refractivity contribution in [1.29, 1.82) is 0 Å². The highest BCUT2D eigenvalue weighted by molar-refractivity contribution is 7.16. The number of aromatic nitrogens is 1. The number of amides is 1. The number of thiazole rings is 1. The molecule has 0 fully saturated rings. The van der Waals surface area contributed by atoms with Crippen molar-refractivity contribution in [2.75, 3.05) is 14.2 Å². The van der Waals surface area contributed by atoms with Crippen LogP contribution in [0.25, 0.3) is 10.2 Å². The first kappa shape index (κ1) is 17.2. The van der Waals surface area contributed by atoms with Gasteiger partial charge in [0.15, 0.2) is 4.80 Å². The SMILES string of the molecule is COc1ccc(OC)c2c1sc(=NC(=O)c1cc(C)ccc1C)n2C. The molecule has 130 valence electrons. The van der Waals surface area contributed by atoms with Crippen molar-refractivity contribution in [1.82, 2.24) is 4.57 Å². The minimum absolute atomic E-state index is 0.249. The minimum Gasteiger partial charge on any atom is -0.495 e. The number of carbonyl (C=O) groups excluding carboxylic acids is 1. The van der Waals surface area contributed by atoms with E-state index in [0.717, 1.165) is 32.8 Å². The van der Waals surface area contributed by atoms with Crippen molar-refractivity contribution >= 4 is 27.5 Å². The van der Waals surface area contributed by atoms with E-state index in [0.29, 0.717) is 10.4 Å². The van der Waals surface area contributed by atoms with E-state index >= 15 is 0 Å². The Morgan fingerprint density at radius 2 is 1.76 bits per heavy atom. The number of hydrogen-bond donors (Lipinski definition) is 0. The first-order valence-corrected chi connectivity index (χ1v) is 8.64. The Balaban J connectivity index is 2.22. The Bertz CT molecular complexity index is 1030. The van der Waals surface area contributed by atoms with Gasteiger partial charge in [-0.15, -0.1) is 0 Å². The predicted molar refractivity (Wildman–Crippen MR) is 99.7 cm³/mol. The molecule has 0 spiro atoms. The molecule has 0 saturated carbocycles. The molecular weight excluding hydrogens is 336 g/mol. The lowest BCUT2D eigenvalue weighted by Gasteiger charge is -2.06. The lowest BCUT2D eigenvalue weighted by Crippen LogP contribution is -2.14. The molecule has 0 atom stereocenters. The fourth-order valence-electron chi connectivity index (χ4n) is 2.74. The molecule has 0 aliphatic carbocycles. The zero-order valence-electron chi connectivity index (χ0n) is 14.9. The maximum atomic E-state index is 12.7. The molecule has 1 aromatic heterocycles. The van der Waals surface area contributed by atoms with Crippen LogP contribution in [0.5, 0.6) is 11.5 Å². The molecule has 0 bridgehead atoms. The van der Waals surface area contributed by atoms with Crippen LogP contribution in [-0.4, -0.2) is 24.7 Å². The zero-order chi connectivity index (χ0) is 18.1. The van der Waals surface area contributed by atoms with Gasteiger partial charge in [-0.25, -0.2) is 0 Å². The molecule has 6 heteroatoms. The summed E-state index contributed by atoms with van der Waals surface area (Å²) in [6.45, 7) is 3.88. The predicted octanol–water partition coefficient (Wildman–Crippen LogP) is 3.61. The number of ether oxygens (including phenoxy) is 2. The van der Waals surface area contributed by atoms with Gasteiger partial charge in [-0.1, -0.05) is 29.0 Å². The minimum atomic E-state index is -0.249. The maximum absolute atomic E-state index is 12.7.